The summed E-state index contributed by atoms with van der Waals surface area (Å²) in [5.74, 6) is 1.93. The molecule has 28 heavy (non-hydrogen) atoms. The van der Waals surface area contributed by atoms with Crippen molar-refractivity contribution < 1.29 is 9.47 Å². The molecular weight excluding hydrogens is 436 g/mol. The molecule has 0 saturated heterocycles. The van der Waals surface area contributed by atoms with E-state index in [-0.39, 0.29) is 5.41 Å². The van der Waals surface area contributed by atoms with Gasteiger partial charge in [-0.3, -0.25) is 0 Å². The highest BCUT2D eigenvalue weighted by Gasteiger charge is 2.32. The Balaban J connectivity index is 1.93. The van der Waals surface area contributed by atoms with Crippen molar-refractivity contribution in [2.45, 2.75) is 40.0 Å². The number of methoxy groups -OCH3 is 2. The van der Waals surface area contributed by atoms with E-state index in [9.17, 15) is 5.26 Å². The molecule has 1 heterocycles. The molecule has 0 saturated carbocycles. The molecule has 0 amide bonds. The first-order valence-electron chi connectivity index (χ1n) is 9.28. The lowest BCUT2D eigenvalue weighted by Gasteiger charge is -2.33. The monoisotopic (exact) mass is 460 g/mol. The Morgan fingerprint density at radius 2 is 2.04 bits per heavy atom. The number of aliphatic imine (C=N–C) groups is 1. The maximum atomic E-state index is 9.72. The quantitative estimate of drug-likeness (QED) is 0.502. The van der Waals surface area contributed by atoms with Gasteiger partial charge in [-0.15, -0.1) is 11.3 Å². The van der Waals surface area contributed by atoms with Crippen LogP contribution in [0.25, 0.3) is 0 Å². The molecule has 1 aliphatic carbocycles. The minimum absolute atomic E-state index is 0.282. The minimum atomic E-state index is 0.282. The van der Waals surface area contributed by atoms with Crippen molar-refractivity contribution in [2.24, 2.45) is 16.3 Å². The third-order valence-electron chi connectivity index (χ3n) is 5.37. The summed E-state index contributed by atoms with van der Waals surface area (Å²) in [5.41, 5.74) is 3.10. The Kier molecular flexibility index (Phi) is 6.16. The van der Waals surface area contributed by atoms with E-state index < -0.39 is 0 Å². The first-order valence-corrected chi connectivity index (χ1v) is 10.9. The van der Waals surface area contributed by atoms with Crippen molar-refractivity contribution in [3.8, 4) is 17.6 Å². The van der Waals surface area contributed by atoms with E-state index in [4.69, 9.17) is 9.47 Å². The molecule has 0 aliphatic heterocycles. The van der Waals surface area contributed by atoms with Crippen molar-refractivity contribution in [2.75, 3.05) is 14.2 Å². The topological polar surface area (TPSA) is 54.6 Å². The summed E-state index contributed by atoms with van der Waals surface area (Å²) in [6.07, 6.45) is 4.92. The molecule has 0 spiro atoms. The Hall–Kier alpha value is -1.84. The van der Waals surface area contributed by atoms with Crippen LogP contribution in [0.2, 0.25) is 0 Å². The zero-order chi connectivity index (χ0) is 20.5. The van der Waals surface area contributed by atoms with Crippen LogP contribution in [0.15, 0.2) is 21.6 Å². The number of ether oxygens (including phenoxy) is 2. The van der Waals surface area contributed by atoms with Crippen LogP contribution in [0.5, 0.6) is 11.5 Å². The Labute approximate surface area is 179 Å². The Bertz CT molecular complexity index is 951. The predicted molar refractivity (Wildman–Crippen MR) is 119 cm³/mol. The number of hydrogen-bond acceptors (Lipinski definition) is 5. The van der Waals surface area contributed by atoms with E-state index in [1.807, 2.05) is 12.1 Å². The second-order valence-corrected chi connectivity index (χ2v) is 10.0. The molecular formula is C22H25BrN2O2S. The van der Waals surface area contributed by atoms with Crippen LogP contribution < -0.4 is 9.47 Å². The number of fused-ring (bicyclic) bond motifs is 1. The molecule has 0 unspecified atom stereocenters. The van der Waals surface area contributed by atoms with Crippen molar-refractivity contribution in [1.29, 1.82) is 5.26 Å². The molecule has 1 aliphatic rings. The van der Waals surface area contributed by atoms with Crippen LogP contribution in [0.4, 0.5) is 5.00 Å². The second-order valence-electron chi connectivity index (χ2n) is 8.10. The molecule has 0 bridgehead atoms. The van der Waals surface area contributed by atoms with Crippen LogP contribution in [0.1, 0.15) is 48.8 Å². The number of halogens is 1. The van der Waals surface area contributed by atoms with Gasteiger partial charge in [0, 0.05) is 11.1 Å². The maximum absolute atomic E-state index is 9.72. The highest BCUT2D eigenvalue weighted by Crippen LogP contribution is 2.45. The summed E-state index contributed by atoms with van der Waals surface area (Å²) in [4.78, 5) is 5.99. The van der Waals surface area contributed by atoms with E-state index >= 15 is 0 Å². The fourth-order valence-electron chi connectivity index (χ4n) is 3.66. The normalized spacial score (nSPS) is 16.7. The number of benzene rings is 1. The molecule has 6 heteroatoms. The van der Waals surface area contributed by atoms with Crippen molar-refractivity contribution in [1.82, 2.24) is 0 Å². The van der Waals surface area contributed by atoms with Crippen LogP contribution >= 0.6 is 27.3 Å². The molecule has 1 aromatic heterocycles. The molecule has 1 aromatic carbocycles. The predicted octanol–water partition coefficient (Wildman–Crippen LogP) is 6.30. The lowest BCUT2D eigenvalue weighted by atomic mass is 9.72. The number of nitriles is 1. The SMILES string of the molecule is COc1cc(C=Nc2sc3c(c2C#N)CC[C@H](C(C)(C)C)C3)cc(Br)c1OC. The summed E-state index contributed by atoms with van der Waals surface area (Å²) in [6, 6.07) is 6.20. The van der Waals surface area contributed by atoms with Crippen LogP contribution in [0.3, 0.4) is 0 Å². The molecule has 0 radical (unpaired) electrons. The molecule has 3 rings (SSSR count). The van der Waals surface area contributed by atoms with Gasteiger partial charge < -0.3 is 9.47 Å². The molecule has 2 aromatic rings. The van der Waals surface area contributed by atoms with Gasteiger partial charge in [0.05, 0.1) is 24.3 Å². The molecule has 1 atom stereocenters. The zero-order valence-electron chi connectivity index (χ0n) is 16.9. The smallest absolute Gasteiger partial charge is 0.174 e. The first kappa shape index (κ1) is 20.9. The highest BCUT2D eigenvalue weighted by atomic mass is 79.9. The van der Waals surface area contributed by atoms with Gasteiger partial charge in [0.15, 0.2) is 11.5 Å². The minimum Gasteiger partial charge on any atom is -0.493 e. The molecule has 148 valence electrons. The van der Waals surface area contributed by atoms with E-state index in [0.717, 1.165) is 39.9 Å². The molecule has 0 N–H and O–H groups in total. The van der Waals surface area contributed by atoms with Crippen LogP contribution in [0, 0.1) is 22.7 Å². The van der Waals surface area contributed by atoms with Gasteiger partial charge in [-0.25, -0.2) is 4.99 Å². The lowest BCUT2D eigenvalue weighted by Crippen LogP contribution is -2.26. The largest absolute Gasteiger partial charge is 0.493 e. The van der Waals surface area contributed by atoms with Crippen LogP contribution in [-0.2, 0) is 12.8 Å². The van der Waals surface area contributed by atoms with Gasteiger partial charge in [-0.05, 0) is 69.8 Å². The molecule has 4 nitrogen and oxygen atoms in total. The standard InChI is InChI=1S/C22H25BrN2O2S/c1-22(2,3)14-6-7-15-16(11-24)21(28-19(15)10-14)25-12-13-8-17(23)20(27-5)18(9-13)26-4/h8-9,12,14H,6-7,10H2,1-5H3/t14-/m0/s1. The summed E-state index contributed by atoms with van der Waals surface area (Å²) >= 11 is 5.17. The van der Waals surface area contributed by atoms with Gasteiger partial charge in [0.25, 0.3) is 0 Å². The van der Waals surface area contributed by atoms with Gasteiger partial charge in [-0.2, -0.15) is 5.26 Å². The first-order chi connectivity index (χ1) is 13.3. The lowest BCUT2D eigenvalue weighted by molar-refractivity contribution is 0.218. The summed E-state index contributed by atoms with van der Waals surface area (Å²) in [6.45, 7) is 6.90. The third-order valence-corrected chi connectivity index (χ3v) is 7.12. The number of thiophene rings is 1. The van der Waals surface area contributed by atoms with Gasteiger partial charge in [-0.1, -0.05) is 20.8 Å². The van der Waals surface area contributed by atoms with Gasteiger partial charge in [0.1, 0.15) is 11.1 Å². The fourth-order valence-corrected chi connectivity index (χ4v) is 5.51. The zero-order valence-corrected chi connectivity index (χ0v) is 19.3. The Morgan fingerprint density at radius 1 is 1.29 bits per heavy atom. The van der Waals surface area contributed by atoms with E-state index in [0.29, 0.717) is 17.4 Å². The van der Waals surface area contributed by atoms with E-state index in [1.165, 1.54) is 10.4 Å². The summed E-state index contributed by atoms with van der Waals surface area (Å²) < 4.78 is 11.6. The average Bonchev–Trinajstić information content (AvgIpc) is 3.01. The highest BCUT2D eigenvalue weighted by molar-refractivity contribution is 9.10. The van der Waals surface area contributed by atoms with E-state index in [1.54, 1.807) is 31.8 Å². The van der Waals surface area contributed by atoms with Crippen molar-refractivity contribution >= 4 is 38.5 Å². The fraction of sp³-hybridized carbons (Fsp3) is 0.455. The van der Waals surface area contributed by atoms with Gasteiger partial charge in [0.2, 0.25) is 0 Å². The average molecular weight is 461 g/mol. The number of rotatable bonds is 4. The summed E-state index contributed by atoms with van der Waals surface area (Å²) in [7, 11) is 3.22. The van der Waals surface area contributed by atoms with Crippen LogP contribution in [-0.4, -0.2) is 20.4 Å². The molecule has 0 fully saturated rings. The number of nitrogens with zero attached hydrogens (tertiary/aromatic N) is 2. The van der Waals surface area contributed by atoms with E-state index in [2.05, 4.69) is 47.8 Å². The Morgan fingerprint density at radius 3 is 2.64 bits per heavy atom. The van der Waals surface area contributed by atoms with Crippen molar-refractivity contribution in [3.63, 3.8) is 0 Å². The number of hydrogen-bond donors (Lipinski definition) is 0. The maximum Gasteiger partial charge on any atom is 0.174 e. The second kappa shape index (κ2) is 8.26. The van der Waals surface area contributed by atoms with Crippen molar-refractivity contribution in [3.05, 3.63) is 38.2 Å². The van der Waals surface area contributed by atoms with Gasteiger partial charge >= 0.3 is 0 Å². The third kappa shape index (κ3) is 4.11. The summed E-state index contributed by atoms with van der Waals surface area (Å²) in [5, 5.41) is 10.5.